The van der Waals surface area contributed by atoms with Gasteiger partial charge < -0.3 is 15.8 Å². The van der Waals surface area contributed by atoms with Crippen LogP contribution in [0.15, 0.2) is 0 Å². The second kappa shape index (κ2) is 7.96. The third-order valence-corrected chi connectivity index (χ3v) is 4.68. The van der Waals surface area contributed by atoms with Crippen LogP contribution in [0.3, 0.4) is 0 Å². The average molecular weight is 283 g/mol. The van der Waals surface area contributed by atoms with E-state index in [2.05, 4.69) is 10.2 Å². The van der Waals surface area contributed by atoms with E-state index in [1.807, 2.05) is 7.05 Å². The summed E-state index contributed by atoms with van der Waals surface area (Å²) in [5, 5.41) is 2.99. The van der Waals surface area contributed by atoms with Crippen molar-refractivity contribution in [2.75, 3.05) is 33.3 Å². The summed E-state index contributed by atoms with van der Waals surface area (Å²) in [5.41, 5.74) is 5.86. The lowest BCUT2D eigenvalue weighted by atomic mass is 9.84. The van der Waals surface area contributed by atoms with Gasteiger partial charge in [-0.25, -0.2) is 0 Å². The molecule has 3 atom stereocenters. The summed E-state index contributed by atoms with van der Waals surface area (Å²) in [6, 6.07) is 0.460. The zero-order chi connectivity index (χ0) is 14.4. The summed E-state index contributed by atoms with van der Waals surface area (Å²) >= 11 is 0. The number of nitrogens with one attached hydrogen (secondary N) is 1. The first-order valence-corrected chi connectivity index (χ1v) is 7.99. The average Bonchev–Trinajstić information content (AvgIpc) is 2.98. The normalized spacial score (nSPS) is 30.6. The second-order valence-electron chi connectivity index (χ2n) is 6.20. The number of likely N-dealkylation sites (N-methyl/N-ethyl adjacent to an activating group) is 1. The zero-order valence-corrected chi connectivity index (χ0v) is 12.6. The molecule has 3 N–H and O–H groups in total. The van der Waals surface area contributed by atoms with Crippen LogP contribution in [0.2, 0.25) is 0 Å². The molecule has 1 saturated heterocycles. The molecule has 3 unspecified atom stereocenters. The minimum atomic E-state index is 0.101. The molecule has 0 spiro atoms. The molecule has 0 radical (unpaired) electrons. The van der Waals surface area contributed by atoms with Crippen LogP contribution in [-0.4, -0.2) is 56.2 Å². The Bertz CT molecular complexity index is 305. The van der Waals surface area contributed by atoms with E-state index in [-0.39, 0.29) is 12.0 Å². The van der Waals surface area contributed by atoms with Gasteiger partial charge in [-0.15, -0.1) is 0 Å². The lowest BCUT2D eigenvalue weighted by Gasteiger charge is -2.37. The highest BCUT2D eigenvalue weighted by Crippen LogP contribution is 2.26. The fourth-order valence-corrected chi connectivity index (χ4v) is 3.48. The van der Waals surface area contributed by atoms with Crippen LogP contribution in [-0.2, 0) is 9.53 Å². The van der Waals surface area contributed by atoms with Gasteiger partial charge in [0.25, 0.3) is 0 Å². The van der Waals surface area contributed by atoms with Crippen molar-refractivity contribution in [3.63, 3.8) is 0 Å². The quantitative estimate of drug-likeness (QED) is 0.754. The second-order valence-corrected chi connectivity index (χ2v) is 6.20. The first-order chi connectivity index (χ1) is 9.70. The zero-order valence-electron chi connectivity index (χ0n) is 12.6. The van der Waals surface area contributed by atoms with Crippen molar-refractivity contribution in [3.8, 4) is 0 Å². The molecule has 0 bridgehead atoms. The van der Waals surface area contributed by atoms with Gasteiger partial charge in [-0.2, -0.15) is 0 Å². The SMILES string of the molecule is CN(CC(=O)NCC1CCCO1)C1CCCCC1CN. The molecule has 1 aliphatic heterocycles. The van der Waals surface area contributed by atoms with Gasteiger partial charge >= 0.3 is 0 Å². The van der Waals surface area contributed by atoms with Gasteiger partial charge in [0.1, 0.15) is 0 Å². The Morgan fingerprint density at radius 3 is 2.80 bits per heavy atom. The minimum absolute atomic E-state index is 0.101. The van der Waals surface area contributed by atoms with Gasteiger partial charge in [0, 0.05) is 19.2 Å². The summed E-state index contributed by atoms with van der Waals surface area (Å²) in [5.74, 6) is 0.643. The summed E-state index contributed by atoms with van der Waals surface area (Å²) < 4.78 is 5.51. The topological polar surface area (TPSA) is 67.6 Å². The number of carbonyl (C=O) groups is 1. The summed E-state index contributed by atoms with van der Waals surface area (Å²) in [6.07, 6.45) is 7.28. The van der Waals surface area contributed by atoms with Gasteiger partial charge in [0.2, 0.25) is 5.91 Å². The molecule has 1 saturated carbocycles. The van der Waals surface area contributed by atoms with Crippen LogP contribution in [0.4, 0.5) is 0 Å². The van der Waals surface area contributed by atoms with Gasteiger partial charge in [0.05, 0.1) is 12.6 Å². The maximum Gasteiger partial charge on any atom is 0.234 e. The number of nitrogens with zero attached hydrogens (tertiary/aromatic N) is 1. The molecule has 1 amide bonds. The van der Waals surface area contributed by atoms with Gasteiger partial charge in [-0.1, -0.05) is 12.8 Å². The summed E-state index contributed by atoms with van der Waals surface area (Å²) in [7, 11) is 2.05. The lowest BCUT2D eigenvalue weighted by Crippen LogP contribution is -2.47. The largest absolute Gasteiger partial charge is 0.376 e. The minimum Gasteiger partial charge on any atom is -0.376 e. The number of hydrogen-bond acceptors (Lipinski definition) is 4. The highest BCUT2D eigenvalue weighted by atomic mass is 16.5. The van der Waals surface area contributed by atoms with Crippen LogP contribution in [0.5, 0.6) is 0 Å². The summed E-state index contributed by atoms with van der Waals surface area (Å²) in [6.45, 7) is 2.68. The predicted octanol–water partition coefficient (Wildman–Crippen LogP) is 0.731. The Labute approximate surface area is 122 Å². The molecule has 2 aliphatic rings. The Balaban J connectivity index is 1.71. The molecule has 5 heteroatoms. The van der Waals surface area contributed by atoms with E-state index in [4.69, 9.17) is 10.5 Å². The Kier molecular flexibility index (Phi) is 6.26. The van der Waals surface area contributed by atoms with Crippen molar-refractivity contribution in [2.24, 2.45) is 11.7 Å². The van der Waals surface area contributed by atoms with Crippen LogP contribution in [0.1, 0.15) is 38.5 Å². The maximum atomic E-state index is 12.0. The fraction of sp³-hybridized carbons (Fsp3) is 0.933. The fourth-order valence-electron chi connectivity index (χ4n) is 3.48. The maximum absolute atomic E-state index is 12.0. The number of rotatable bonds is 6. The van der Waals surface area contributed by atoms with Crippen molar-refractivity contribution >= 4 is 5.91 Å². The van der Waals surface area contributed by atoms with E-state index in [0.717, 1.165) is 32.4 Å². The standard InChI is InChI=1S/C15H29N3O2/c1-18(14-7-3-2-5-12(14)9-16)11-15(19)17-10-13-6-4-8-20-13/h12-14H,2-11,16H2,1H3,(H,17,19). The molecule has 0 aromatic carbocycles. The van der Waals surface area contributed by atoms with E-state index in [1.54, 1.807) is 0 Å². The van der Waals surface area contributed by atoms with E-state index < -0.39 is 0 Å². The molecule has 2 rings (SSSR count). The molecule has 5 nitrogen and oxygen atoms in total. The number of ether oxygens (including phenoxy) is 1. The number of carbonyl (C=O) groups excluding carboxylic acids is 1. The molecule has 20 heavy (non-hydrogen) atoms. The van der Waals surface area contributed by atoms with E-state index in [1.165, 1.54) is 19.3 Å². The lowest BCUT2D eigenvalue weighted by molar-refractivity contribution is -0.123. The van der Waals surface area contributed by atoms with E-state index >= 15 is 0 Å². The molecule has 116 valence electrons. The number of amides is 1. The van der Waals surface area contributed by atoms with Crippen molar-refractivity contribution in [1.29, 1.82) is 0 Å². The van der Waals surface area contributed by atoms with Crippen molar-refractivity contribution in [3.05, 3.63) is 0 Å². The smallest absolute Gasteiger partial charge is 0.234 e. The third-order valence-electron chi connectivity index (χ3n) is 4.68. The highest BCUT2D eigenvalue weighted by molar-refractivity contribution is 5.78. The molecule has 0 aromatic rings. The first kappa shape index (κ1) is 15.7. The molecular weight excluding hydrogens is 254 g/mol. The van der Waals surface area contributed by atoms with Crippen LogP contribution >= 0.6 is 0 Å². The van der Waals surface area contributed by atoms with Crippen molar-refractivity contribution in [1.82, 2.24) is 10.2 Å². The van der Waals surface area contributed by atoms with E-state index in [0.29, 0.717) is 25.0 Å². The van der Waals surface area contributed by atoms with Crippen LogP contribution in [0.25, 0.3) is 0 Å². The van der Waals surface area contributed by atoms with Crippen LogP contribution in [0, 0.1) is 5.92 Å². The van der Waals surface area contributed by atoms with Crippen molar-refractivity contribution < 1.29 is 9.53 Å². The number of hydrogen-bond donors (Lipinski definition) is 2. The Hall–Kier alpha value is -0.650. The summed E-state index contributed by atoms with van der Waals surface area (Å²) in [4.78, 5) is 14.2. The number of nitrogens with two attached hydrogens (primary N) is 1. The van der Waals surface area contributed by atoms with Gasteiger partial charge in [-0.05, 0) is 45.2 Å². The van der Waals surface area contributed by atoms with Crippen molar-refractivity contribution in [2.45, 2.75) is 50.7 Å². The molecule has 2 fully saturated rings. The predicted molar refractivity (Wildman–Crippen MR) is 79.4 cm³/mol. The molecule has 0 aromatic heterocycles. The van der Waals surface area contributed by atoms with E-state index in [9.17, 15) is 4.79 Å². The molecular formula is C15H29N3O2. The Morgan fingerprint density at radius 2 is 2.10 bits per heavy atom. The first-order valence-electron chi connectivity index (χ1n) is 7.99. The molecule has 1 aliphatic carbocycles. The Morgan fingerprint density at radius 1 is 1.30 bits per heavy atom. The van der Waals surface area contributed by atoms with Gasteiger partial charge in [-0.3, -0.25) is 9.69 Å². The van der Waals surface area contributed by atoms with Crippen LogP contribution < -0.4 is 11.1 Å². The molecule has 1 heterocycles. The third kappa shape index (κ3) is 4.43. The van der Waals surface area contributed by atoms with Gasteiger partial charge in [0.15, 0.2) is 0 Å². The highest BCUT2D eigenvalue weighted by Gasteiger charge is 2.28. The monoisotopic (exact) mass is 283 g/mol.